The molecule has 7 rings (SSSR count). The Balaban J connectivity index is 0.917. The monoisotopic (exact) mass is 785 g/mol. The largest absolute Gasteiger partial charge is 0.493 e. The van der Waals surface area contributed by atoms with Gasteiger partial charge in [-0.05, 0) is 50.5 Å². The number of piperidine rings is 1. The Morgan fingerprint density at radius 2 is 1.79 bits per heavy atom. The second-order valence-corrected chi connectivity index (χ2v) is 15.7. The van der Waals surface area contributed by atoms with E-state index < -0.39 is 45.5 Å². The van der Waals surface area contributed by atoms with Crippen molar-refractivity contribution in [3.8, 4) is 28.1 Å². The van der Waals surface area contributed by atoms with Gasteiger partial charge in [-0.15, -0.1) is 0 Å². The molecule has 16 nitrogen and oxygen atoms in total. The first-order valence-corrected chi connectivity index (χ1v) is 19.9. The van der Waals surface area contributed by atoms with Crippen LogP contribution in [0.25, 0.3) is 33.3 Å². The normalized spacial score (nSPS) is 15.8. The molecule has 5 heterocycles. The first kappa shape index (κ1) is 38.1. The second kappa shape index (κ2) is 15.5. The van der Waals surface area contributed by atoms with E-state index in [9.17, 15) is 27.6 Å². The van der Waals surface area contributed by atoms with Crippen LogP contribution in [0, 0.1) is 5.82 Å². The number of unbranched alkanes of at least 4 members (excludes halogenated alkanes) is 4. The highest BCUT2D eigenvalue weighted by Gasteiger charge is 2.46. The summed E-state index contributed by atoms with van der Waals surface area (Å²) in [5.74, 6) is -2.68. The number of halogens is 1. The molecule has 2 aliphatic heterocycles. The Bertz CT molecular complexity index is 2500. The number of carbonyl (C=O) groups is 4. The standard InChI is InChI=1S/C38H40FN9O7S/c1-3-56(53,54)45-27-13-12-22(18-26(27)39)33-32-34(46(2)44-33)25(20-41-35(32)40)23-19-42-47(21-23)16-7-5-4-6-8-17-55-29-11-9-10-24-31(29)38(52)48(37(24)51)28-14-15-30(49)43-36(28)50/h9-13,18-21,28,45H,3-8,14-17H2,1-2H3,(H2,40,41)(H,43,49,50)/t28-/m0/s1. The number of aromatic nitrogens is 5. The molecule has 5 aromatic rings. The predicted molar refractivity (Wildman–Crippen MR) is 204 cm³/mol. The van der Waals surface area contributed by atoms with Crippen molar-refractivity contribution in [1.82, 2.24) is 34.8 Å². The molecule has 0 saturated carbocycles. The third-order valence-corrected chi connectivity index (χ3v) is 11.2. The van der Waals surface area contributed by atoms with Crippen LogP contribution in [0.5, 0.6) is 5.75 Å². The number of nitrogens with zero attached hydrogens (tertiary/aromatic N) is 6. The van der Waals surface area contributed by atoms with Crippen molar-refractivity contribution in [2.45, 2.75) is 64.5 Å². The Morgan fingerprint density at radius 3 is 2.55 bits per heavy atom. The number of sulfonamides is 1. The summed E-state index contributed by atoms with van der Waals surface area (Å²) >= 11 is 0. The van der Waals surface area contributed by atoms with Gasteiger partial charge >= 0.3 is 0 Å². The van der Waals surface area contributed by atoms with E-state index in [0.717, 1.165) is 48.1 Å². The van der Waals surface area contributed by atoms with Crippen LogP contribution in [-0.4, -0.2) is 79.9 Å². The van der Waals surface area contributed by atoms with Gasteiger partial charge in [0.2, 0.25) is 21.8 Å². The quantitative estimate of drug-likeness (QED) is 0.0999. The topological polar surface area (TPSA) is 214 Å². The van der Waals surface area contributed by atoms with Crippen molar-refractivity contribution >= 4 is 56.1 Å². The van der Waals surface area contributed by atoms with Gasteiger partial charge in [-0.25, -0.2) is 17.8 Å². The molecule has 3 aromatic heterocycles. The Hall–Kier alpha value is -6.17. The summed E-state index contributed by atoms with van der Waals surface area (Å²) in [7, 11) is -1.90. The molecular formula is C38H40FN9O7S. The van der Waals surface area contributed by atoms with Gasteiger partial charge in [-0.2, -0.15) is 10.2 Å². The van der Waals surface area contributed by atoms with Crippen molar-refractivity contribution in [3.63, 3.8) is 0 Å². The second-order valence-electron chi connectivity index (χ2n) is 13.7. The molecule has 2 aliphatic rings. The fraction of sp³-hybridized carbons (Fsp3) is 0.342. The summed E-state index contributed by atoms with van der Waals surface area (Å²) in [5, 5.41) is 11.9. The number of benzene rings is 2. The van der Waals surface area contributed by atoms with Crippen molar-refractivity contribution < 1.29 is 36.7 Å². The summed E-state index contributed by atoms with van der Waals surface area (Å²) < 4.78 is 50.6. The smallest absolute Gasteiger partial charge is 0.266 e. The fourth-order valence-electron chi connectivity index (χ4n) is 7.05. The highest BCUT2D eigenvalue weighted by atomic mass is 32.2. The van der Waals surface area contributed by atoms with Crippen LogP contribution >= 0.6 is 0 Å². The number of rotatable bonds is 15. The van der Waals surface area contributed by atoms with E-state index in [1.807, 2.05) is 10.9 Å². The SMILES string of the molecule is CCS(=O)(=O)Nc1ccc(-c2nn(C)c3c(-c4cnn(CCCCCCCOc5cccc6c5C(=O)N([C@H]5CCC(=O)NC5=O)C6=O)c4)cnc(N)c23)cc1F. The lowest BCUT2D eigenvalue weighted by molar-refractivity contribution is -0.136. The number of hydrogen-bond acceptors (Lipinski definition) is 11. The Morgan fingerprint density at radius 1 is 1.00 bits per heavy atom. The molecule has 4 amide bonds. The first-order chi connectivity index (χ1) is 26.9. The lowest BCUT2D eigenvalue weighted by atomic mass is 10.0. The van der Waals surface area contributed by atoms with Gasteiger partial charge in [0.1, 0.15) is 29.1 Å². The molecule has 1 atom stereocenters. The fourth-order valence-corrected chi connectivity index (χ4v) is 7.70. The van der Waals surface area contributed by atoms with Gasteiger partial charge in [-0.1, -0.05) is 31.4 Å². The van der Waals surface area contributed by atoms with Crippen LogP contribution < -0.4 is 20.5 Å². The number of carbonyl (C=O) groups excluding carboxylic acids is 4. The number of hydrogen-bond donors (Lipinski definition) is 3. The van der Waals surface area contributed by atoms with Crippen LogP contribution in [-0.2, 0) is 33.2 Å². The molecule has 1 fully saturated rings. The van der Waals surface area contributed by atoms with Gasteiger partial charge in [0, 0.05) is 49.1 Å². The van der Waals surface area contributed by atoms with Crippen molar-refractivity contribution in [3.05, 3.63) is 71.9 Å². The van der Waals surface area contributed by atoms with E-state index in [1.165, 1.54) is 25.1 Å². The van der Waals surface area contributed by atoms with Crippen molar-refractivity contribution in [2.75, 3.05) is 22.8 Å². The molecule has 2 aromatic carbocycles. The number of imide groups is 2. The minimum absolute atomic E-state index is 0.0496. The number of aryl methyl sites for hydroxylation is 2. The zero-order valence-electron chi connectivity index (χ0n) is 30.7. The summed E-state index contributed by atoms with van der Waals surface area (Å²) in [6.45, 7) is 2.49. The Labute approximate surface area is 321 Å². The van der Waals surface area contributed by atoms with Crippen LogP contribution in [0.3, 0.4) is 0 Å². The minimum atomic E-state index is -3.66. The van der Waals surface area contributed by atoms with Crippen molar-refractivity contribution in [1.29, 1.82) is 0 Å². The van der Waals surface area contributed by atoms with Gasteiger partial charge in [0.25, 0.3) is 11.8 Å². The number of nitrogen functional groups attached to an aromatic ring is 1. The maximum absolute atomic E-state index is 15.0. The molecule has 1 saturated heterocycles. The van der Waals surface area contributed by atoms with Gasteiger partial charge < -0.3 is 10.5 Å². The van der Waals surface area contributed by atoms with E-state index in [4.69, 9.17) is 10.5 Å². The van der Waals surface area contributed by atoms with Gasteiger partial charge in [0.15, 0.2) is 0 Å². The Kier molecular flexibility index (Phi) is 10.6. The van der Waals surface area contributed by atoms with Crippen LogP contribution in [0.15, 0.2) is 55.0 Å². The summed E-state index contributed by atoms with van der Waals surface area (Å²) in [4.78, 5) is 55.6. The summed E-state index contributed by atoms with van der Waals surface area (Å²) in [6.07, 6.45) is 9.83. The molecule has 0 radical (unpaired) electrons. The average molecular weight is 786 g/mol. The highest BCUT2D eigenvalue weighted by Crippen LogP contribution is 2.38. The number of pyridine rings is 1. The summed E-state index contributed by atoms with van der Waals surface area (Å²) in [5.41, 5.74) is 9.55. The van der Waals surface area contributed by atoms with E-state index in [1.54, 1.807) is 42.3 Å². The number of nitrogens with one attached hydrogen (secondary N) is 2. The average Bonchev–Trinajstić information content (AvgIpc) is 3.86. The zero-order chi connectivity index (χ0) is 39.7. The minimum Gasteiger partial charge on any atom is -0.493 e. The van der Waals surface area contributed by atoms with E-state index in [2.05, 4.69) is 25.2 Å². The van der Waals surface area contributed by atoms with E-state index >= 15 is 4.39 Å². The number of amides is 4. The third kappa shape index (κ3) is 7.43. The highest BCUT2D eigenvalue weighted by molar-refractivity contribution is 7.92. The van der Waals surface area contributed by atoms with Gasteiger partial charge in [-0.3, -0.25) is 43.5 Å². The maximum Gasteiger partial charge on any atom is 0.266 e. The molecule has 18 heteroatoms. The van der Waals surface area contributed by atoms with Crippen molar-refractivity contribution in [2.24, 2.45) is 7.05 Å². The van der Waals surface area contributed by atoms with Gasteiger partial charge in [0.05, 0.1) is 46.3 Å². The first-order valence-electron chi connectivity index (χ1n) is 18.3. The number of anilines is 2. The van der Waals surface area contributed by atoms with E-state index in [0.29, 0.717) is 41.1 Å². The molecule has 292 valence electrons. The number of ether oxygens (including phenoxy) is 1. The molecule has 56 heavy (non-hydrogen) atoms. The third-order valence-electron chi connectivity index (χ3n) is 9.94. The number of fused-ring (bicyclic) bond motifs is 2. The van der Waals surface area contributed by atoms with Crippen LogP contribution in [0.1, 0.15) is 72.6 Å². The molecule has 0 aliphatic carbocycles. The maximum atomic E-state index is 15.0. The number of nitrogens with two attached hydrogens (primary N) is 1. The van der Waals surface area contributed by atoms with E-state index in [-0.39, 0.29) is 41.2 Å². The molecule has 0 spiro atoms. The predicted octanol–water partition coefficient (Wildman–Crippen LogP) is 4.41. The molecular weight excluding hydrogens is 746 g/mol. The van der Waals surface area contributed by atoms with Crippen LogP contribution in [0.4, 0.5) is 15.9 Å². The zero-order valence-corrected chi connectivity index (χ0v) is 31.6. The molecule has 0 unspecified atom stereocenters. The molecule has 0 bridgehead atoms. The van der Waals surface area contributed by atoms with Crippen LogP contribution in [0.2, 0.25) is 0 Å². The lowest BCUT2D eigenvalue weighted by Crippen LogP contribution is -2.54. The lowest BCUT2D eigenvalue weighted by Gasteiger charge is -2.27. The summed E-state index contributed by atoms with van der Waals surface area (Å²) in [6, 6.07) is 7.93. The molecule has 4 N–H and O–H groups in total.